The van der Waals surface area contributed by atoms with Gasteiger partial charge in [0.05, 0.1) is 19.1 Å². The van der Waals surface area contributed by atoms with E-state index in [0.717, 1.165) is 49.8 Å². The summed E-state index contributed by atoms with van der Waals surface area (Å²) in [5.74, 6) is 1.55. The summed E-state index contributed by atoms with van der Waals surface area (Å²) in [5, 5.41) is 8.27. The molecule has 1 aliphatic heterocycles. The second kappa shape index (κ2) is 10.7. The van der Waals surface area contributed by atoms with Crippen LogP contribution < -0.4 is 14.6 Å². The maximum Gasteiger partial charge on any atom is 0.348 e. The van der Waals surface area contributed by atoms with Gasteiger partial charge in [-0.1, -0.05) is 85.8 Å². The highest BCUT2D eigenvalue weighted by atomic mass is 32.1. The molecule has 1 unspecified atom stereocenters. The number of carbonyl (C=O) groups is 1. The lowest BCUT2D eigenvalue weighted by Crippen LogP contribution is -2.43. The predicted molar refractivity (Wildman–Crippen MR) is 160 cm³/mol. The minimum atomic E-state index is -0.257. The van der Waals surface area contributed by atoms with E-state index in [0.29, 0.717) is 6.61 Å². The van der Waals surface area contributed by atoms with E-state index < -0.39 is 0 Å². The number of imidazole rings is 1. The van der Waals surface area contributed by atoms with E-state index in [-0.39, 0.29) is 24.0 Å². The van der Waals surface area contributed by atoms with Crippen LogP contribution in [0.15, 0.2) is 72.1 Å². The number of ether oxygens (including phenoxy) is 2. The van der Waals surface area contributed by atoms with Crippen molar-refractivity contribution in [1.29, 1.82) is 0 Å². The Bertz CT molecular complexity index is 1630. The Balaban J connectivity index is 0.00000151. The van der Waals surface area contributed by atoms with Crippen LogP contribution in [0.5, 0.6) is 5.75 Å². The maximum absolute atomic E-state index is 12.6. The molecule has 39 heavy (non-hydrogen) atoms. The number of carbonyl (C=O) groups excluding carboxylic acids is 1. The van der Waals surface area contributed by atoms with Gasteiger partial charge in [0.25, 0.3) is 0 Å². The molecule has 0 saturated carbocycles. The minimum absolute atomic E-state index is 0.214. The summed E-state index contributed by atoms with van der Waals surface area (Å²) in [6, 6.07) is 22.7. The van der Waals surface area contributed by atoms with Crippen molar-refractivity contribution in [3.8, 4) is 28.3 Å². The molecule has 7 heteroatoms. The largest absolute Gasteiger partial charge is 0.488 e. The van der Waals surface area contributed by atoms with E-state index in [2.05, 4.69) is 95.0 Å². The third kappa shape index (κ3) is 4.87. The first-order chi connectivity index (χ1) is 18.9. The van der Waals surface area contributed by atoms with Gasteiger partial charge in [-0.3, -0.25) is 4.79 Å². The molecule has 0 aliphatic carbocycles. The minimum Gasteiger partial charge on any atom is -0.488 e. The highest BCUT2D eigenvalue weighted by Crippen LogP contribution is 2.45. The topological polar surface area (TPSA) is 55.9 Å². The van der Waals surface area contributed by atoms with Gasteiger partial charge in [-0.2, -0.15) is 4.40 Å². The van der Waals surface area contributed by atoms with Crippen molar-refractivity contribution in [2.45, 2.75) is 52.6 Å². The first-order valence-electron chi connectivity index (χ1n) is 13.5. The van der Waals surface area contributed by atoms with E-state index in [1.165, 1.54) is 7.11 Å². The van der Waals surface area contributed by atoms with E-state index in [9.17, 15) is 4.79 Å². The number of esters is 1. The zero-order valence-corrected chi connectivity index (χ0v) is 24.3. The molecule has 0 spiro atoms. The van der Waals surface area contributed by atoms with Gasteiger partial charge in [0.1, 0.15) is 18.4 Å². The number of aromatic nitrogens is 2. The smallest absolute Gasteiger partial charge is 0.348 e. The van der Waals surface area contributed by atoms with Crippen LogP contribution in [0, 0.1) is 0 Å². The number of methoxy groups -OCH3 is 1. The Kier molecular flexibility index (Phi) is 7.36. The third-order valence-electron chi connectivity index (χ3n) is 6.72. The van der Waals surface area contributed by atoms with Crippen LogP contribution in [0.3, 0.4) is 0 Å². The highest BCUT2D eigenvalue weighted by molar-refractivity contribution is 7.15. The van der Waals surface area contributed by atoms with Crippen molar-refractivity contribution in [1.82, 2.24) is 4.40 Å². The number of nitrogens with zero attached hydrogens (tertiary/aromatic N) is 2. The second-order valence-electron chi connectivity index (χ2n) is 10.5. The summed E-state index contributed by atoms with van der Waals surface area (Å²) in [7, 11) is 1.44. The van der Waals surface area contributed by atoms with Crippen LogP contribution in [0.2, 0.25) is 0 Å². The summed E-state index contributed by atoms with van der Waals surface area (Å²) in [4.78, 5) is 13.6. The molecule has 0 fully saturated rings. The van der Waals surface area contributed by atoms with Crippen molar-refractivity contribution in [3.05, 3.63) is 72.1 Å². The number of rotatable bonds is 4. The quantitative estimate of drug-likeness (QED) is 0.189. The number of anilines is 1. The number of benzene rings is 3. The van der Waals surface area contributed by atoms with Crippen LogP contribution >= 0.6 is 11.3 Å². The standard InChI is InChI=1S/C30H30N3O3S.C2H6/c1-30(2,3)31-28-27-26-22-13-9-8-10-19(22)14-15-24(26)36-17-21(16-25(34)35-4)32(27)29-33(28)23(18-37-29)20-11-6-5-7-12-20;1-2/h5-15,18,21,31H,16-17H2,1-4H3;1-2H3/q+1;. The molecule has 6 nitrogen and oxygen atoms in total. The molecule has 0 radical (unpaired) electrons. The first kappa shape index (κ1) is 26.8. The van der Waals surface area contributed by atoms with E-state index in [1.807, 2.05) is 26.0 Å². The molecule has 0 amide bonds. The fourth-order valence-electron chi connectivity index (χ4n) is 5.17. The molecule has 6 rings (SSSR count). The van der Waals surface area contributed by atoms with Crippen molar-refractivity contribution in [2.75, 3.05) is 19.0 Å². The van der Waals surface area contributed by atoms with Gasteiger partial charge in [-0.15, -0.1) is 0 Å². The van der Waals surface area contributed by atoms with Crippen LogP contribution in [0.1, 0.15) is 47.1 Å². The summed E-state index contributed by atoms with van der Waals surface area (Å²) < 4.78 is 16.1. The molecule has 3 heterocycles. The molecule has 5 aromatic rings. The van der Waals surface area contributed by atoms with Gasteiger partial charge in [0, 0.05) is 16.5 Å². The third-order valence-corrected chi connectivity index (χ3v) is 7.65. The Morgan fingerprint density at radius 1 is 1.08 bits per heavy atom. The van der Waals surface area contributed by atoms with Crippen LogP contribution in [0.4, 0.5) is 5.82 Å². The van der Waals surface area contributed by atoms with Crippen LogP contribution in [-0.4, -0.2) is 29.6 Å². The Morgan fingerprint density at radius 2 is 1.79 bits per heavy atom. The van der Waals surface area contributed by atoms with Gasteiger partial charge in [-0.05, 0) is 37.6 Å². The second-order valence-corrected chi connectivity index (χ2v) is 11.3. The molecule has 2 aromatic heterocycles. The maximum atomic E-state index is 12.6. The number of thiazole rings is 1. The van der Waals surface area contributed by atoms with Gasteiger partial charge >= 0.3 is 10.9 Å². The lowest BCUT2D eigenvalue weighted by Gasteiger charge is -2.21. The summed E-state index contributed by atoms with van der Waals surface area (Å²) in [6.45, 7) is 10.9. The Hall–Kier alpha value is -3.84. The van der Waals surface area contributed by atoms with Gasteiger partial charge in [0.15, 0.2) is 5.69 Å². The fraction of sp³-hybridized carbons (Fsp3) is 0.312. The van der Waals surface area contributed by atoms with Crippen molar-refractivity contribution in [3.63, 3.8) is 0 Å². The molecule has 202 valence electrons. The molecule has 3 aromatic carbocycles. The lowest BCUT2D eigenvalue weighted by atomic mass is 9.99. The molecular formula is C32H36N3O3S+. The lowest BCUT2D eigenvalue weighted by molar-refractivity contribution is -0.684. The SMILES string of the molecule is CC.COC(=O)CC1COc2ccc3ccccc3c2-c2c(NC(C)(C)C)n3c(-c4ccccc4)csc3[n+]21. The highest BCUT2D eigenvalue weighted by Gasteiger charge is 2.41. The molecule has 0 saturated heterocycles. The summed E-state index contributed by atoms with van der Waals surface area (Å²) in [5.41, 5.74) is 4.08. The van der Waals surface area contributed by atoms with Crippen LogP contribution in [-0.2, 0) is 9.53 Å². The molecule has 1 aliphatic rings. The van der Waals surface area contributed by atoms with Crippen LogP contribution in [0.25, 0.3) is 38.2 Å². The number of nitrogens with one attached hydrogen (secondary N) is 1. The Morgan fingerprint density at radius 3 is 2.51 bits per heavy atom. The van der Waals surface area contributed by atoms with Gasteiger partial charge in [-0.25, -0.2) is 4.57 Å². The van der Waals surface area contributed by atoms with Crippen molar-refractivity contribution >= 4 is 38.9 Å². The zero-order valence-electron chi connectivity index (χ0n) is 23.4. The van der Waals surface area contributed by atoms with Crippen molar-refractivity contribution < 1.29 is 18.8 Å². The van der Waals surface area contributed by atoms with Gasteiger partial charge in [0.2, 0.25) is 11.5 Å². The van der Waals surface area contributed by atoms with Crippen molar-refractivity contribution in [2.24, 2.45) is 0 Å². The zero-order chi connectivity index (χ0) is 27.7. The number of hydrogen-bond acceptors (Lipinski definition) is 5. The predicted octanol–water partition coefficient (Wildman–Crippen LogP) is 7.51. The fourth-order valence-corrected chi connectivity index (χ4v) is 6.28. The average Bonchev–Trinajstić information content (AvgIpc) is 3.45. The molecular weight excluding hydrogens is 506 g/mol. The van der Waals surface area contributed by atoms with E-state index >= 15 is 0 Å². The molecule has 1 atom stereocenters. The monoisotopic (exact) mass is 542 g/mol. The Labute approximate surface area is 233 Å². The molecule has 1 N–H and O–H groups in total. The van der Waals surface area contributed by atoms with E-state index in [4.69, 9.17) is 9.47 Å². The first-order valence-corrected chi connectivity index (χ1v) is 14.4. The molecule has 0 bridgehead atoms. The summed E-state index contributed by atoms with van der Waals surface area (Å²) >= 11 is 1.68. The van der Waals surface area contributed by atoms with Gasteiger partial charge < -0.3 is 14.8 Å². The number of hydrogen-bond donors (Lipinski definition) is 1. The number of fused-ring (bicyclic) bond motifs is 7. The average molecular weight is 543 g/mol. The summed E-state index contributed by atoms with van der Waals surface area (Å²) in [6.07, 6.45) is 0.216. The van der Waals surface area contributed by atoms with E-state index in [1.54, 1.807) is 11.3 Å². The normalized spacial score (nSPS) is 14.5.